The van der Waals surface area contributed by atoms with Crippen LogP contribution in [0.3, 0.4) is 0 Å². The van der Waals surface area contributed by atoms with Crippen molar-refractivity contribution in [3.8, 4) is 0 Å². The van der Waals surface area contributed by atoms with E-state index in [0.29, 0.717) is 16.4 Å². The summed E-state index contributed by atoms with van der Waals surface area (Å²) in [5.74, 6) is -0.422. The summed E-state index contributed by atoms with van der Waals surface area (Å²) in [6, 6.07) is 6.31. The van der Waals surface area contributed by atoms with Gasteiger partial charge in [-0.05, 0) is 45.4 Å². The number of nitro groups is 1. The number of amides is 1. The maximum absolute atomic E-state index is 12.3. The number of aromatic nitrogens is 2. The third-order valence-corrected chi connectivity index (χ3v) is 4.06. The quantitative estimate of drug-likeness (QED) is 0.500. The zero-order valence-electron chi connectivity index (χ0n) is 14.3. The van der Waals surface area contributed by atoms with E-state index in [2.05, 4.69) is 15.6 Å². The van der Waals surface area contributed by atoms with Crippen LogP contribution in [-0.2, 0) is 4.79 Å². The lowest BCUT2D eigenvalue weighted by Gasteiger charge is -2.12. The number of aryl methyl sites for hydroxylation is 1. The molecular weight excluding hydrogens is 346 g/mol. The summed E-state index contributed by atoms with van der Waals surface area (Å²) < 4.78 is 1.33. The van der Waals surface area contributed by atoms with E-state index >= 15 is 0 Å². The van der Waals surface area contributed by atoms with Gasteiger partial charge in [-0.3, -0.25) is 19.6 Å². The van der Waals surface area contributed by atoms with Gasteiger partial charge in [-0.1, -0.05) is 23.7 Å². The Bertz CT molecular complexity index is 842. The summed E-state index contributed by atoms with van der Waals surface area (Å²) in [6.07, 6.45) is 0. The second-order valence-corrected chi connectivity index (χ2v) is 6.01. The number of hydrogen-bond acceptors (Lipinski definition) is 5. The van der Waals surface area contributed by atoms with Gasteiger partial charge in [0, 0.05) is 5.02 Å². The molecule has 0 aliphatic heterocycles. The van der Waals surface area contributed by atoms with Crippen LogP contribution >= 0.6 is 11.6 Å². The molecule has 1 atom stereocenters. The molecule has 1 heterocycles. The Morgan fingerprint density at radius 1 is 1.36 bits per heavy atom. The Kier molecular flexibility index (Phi) is 5.53. The summed E-state index contributed by atoms with van der Waals surface area (Å²) in [4.78, 5) is 22.9. The molecule has 1 amide bonds. The van der Waals surface area contributed by atoms with Crippen LogP contribution in [-0.4, -0.2) is 26.3 Å². The molecule has 0 aliphatic carbocycles. The van der Waals surface area contributed by atoms with E-state index in [4.69, 9.17) is 11.6 Å². The Morgan fingerprint density at radius 3 is 2.48 bits per heavy atom. The van der Waals surface area contributed by atoms with Gasteiger partial charge >= 0.3 is 5.69 Å². The number of carbonyl (C=O) groups is 1. The molecule has 1 N–H and O–H groups in total. The second kappa shape index (κ2) is 7.43. The number of rotatable bonds is 5. The van der Waals surface area contributed by atoms with Crippen LogP contribution in [0, 0.1) is 24.0 Å². The molecular formula is C16H18ClN5O3. The molecule has 2 aromatic rings. The van der Waals surface area contributed by atoms with Gasteiger partial charge in [0.05, 0.1) is 10.6 Å². The topological polar surface area (TPSA) is 102 Å². The molecule has 25 heavy (non-hydrogen) atoms. The van der Waals surface area contributed by atoms with Crippen LogP contribution in [0.4, 0.5) is 5.69 Å². The summed E-state index contributed by atoms with van der Waals surface area (Å²) >= 11 is 5.84. The molecule has 0 bridgehead atoms. The van der Waals surface area contributed by atoms with Crippen molar-refractivity contribution in [2.24, 2.45) is 5.10 Å². The number of hydrogen-bond donors (Lipinski definition) is 1. The van der Waals surface area contributed by atoms with Gasteiger partial charge in [-0.2, -0.15) is 10.2 Å². The number of hydrazone groups is 1. The first-order valence-corrected chi connectivity index (χ1v) is 7.90. The fraction of sp³-hybridized carbons (Fsp3) is 0.312. The average Bonchev–Trinajstić information content (AvgIpc) is 2.86. The molecule has 2 rings (SSSR count). The van der Waals surface area contributed by atoms with Crippen molar-refractivity contribution in [1.82, 2.24) is 15.2 Å². The van der Waals surface area contributed by atoms with Crippen LogP contribution in [0.1, 0.15) is 36.8 Å². The Hall–Kier alpha value is -2.74. The lowest BCUT2D eigenvalue weighted by molar-refractivity contribution is -0.386. The van der Waals surface area contributed by atoms with E-state index in [-0.39, 0.29) is 11.4 Å². The highest BCUT2D eigenvalue weighted by atomic mass is 35.5. The van der Waals surface area contributed by atoms with Crippen molar-refractivity contribution in [2.75, 3.05) is 0 Å². The van der Waals surface area contributed by atoms with E-state index in [1.165, 1.54) is 11.6 Å². The minimum atomic E-state index is -0.742. The summed E-state index contributed by atoms with van der Waals surface area (Å²) in [6.45, 7) is 6.45. The lowest BCUT2D eigenvalue weighted by Crippen LogP contribution is -2.29. The minimum absolute atomic E-state index is 0.0829. The molecule has 0 aliphatic rings. The van der Waals surface area contributed by atoms with Crippen LogP contribution in [0.15, 0.2) is 29.4 Å². The van der Waals surface area contributed by atoms with Crippen LogP contribution in [0.25, 0.3) is 0 Å². The van der Waals surface area contributed by atoms with E-state index in [1.807, 2.05) is 0 Å². The molecule has 0 saturated heterocycles. The number of nitrogens with zero attached hydrogens (tertiary/aromatic N) is 4. The third kappa shape index (κ3) is 4.03. The van der Waals surface area contributed by atoms with Gasteiger partial charge < -0.3 is 0 Å². The first kappa shape index (κ1) is 18.6. The van der Waals surface area contributed by atoms with Gasteiger partial charge in [-0.15, -0.1) is 0 Å². The molecule has 0 fully saturated rings. The zero-order chi connectivity index (χ0) is 18.7. The smallest absolute Gasteiger partial charge is 0.271 e. The SMILES string of the molecule is C/C(=N\NC(=O)C(C)n1nc(C)c([N+](=O)[O-])c1C)c1ccc(Cl)cc1. The van der Waals surface area contributed by atoms with E-state index in [9.17, 15) is 14.9 Å². The van der Waals surface area contributed by atoms with Gasteiger partial charge in [0.15, 0.2) is 0 Å². The Labute approximate surface area is 149 Å². The molecule has 1 unspecified atom stereocenters. The highest BCUT2D eigenvalue weighted by molar-refractivity contribution is 6.30. The Balaban J connectivity index is 2.15. The number of nitrogens with one attached hydrogen (secondary N) is 1. The van der Waals surface area contributed by atoms with Crippen molar-refractivity contribution < 1.29 is 9.72 Å². The standard InChI is InChI=1S/C16H18ClN5O3/c1-9(13-5-7-14(17)8-6-13)18-19-16(23)12(4)21-11(3)15(22(24)25)10(2)20-21/h5-8,12H,1-4H3,(H,19,23)/b18-9+. The molecule has 132 valence electrons. The molecule has 0 radical (unpaired) electrons. The lowest BCUT2D eigenvalue weighted by atomic mass is 10.1. The van der Waals surface area contributed by atoms with Crippen molar-refractivity contribution >= 4 is 28.9 Å². The van der Waals surface area contributed by atoms with E-state index < -0.39 is 16.9 Å². The molecule has 1 aromatic carbocycles. The van der Waals surface area contributed by atoms with Crippen molar-refractivity contribution in [3.63, 3.8) is 0 Å². The van der Waals surface area contributed by atoms with Crippen molar-refractivity contribution in [3.05, 3.63) is 56.4 Å². The van der Waals surface area contributed by atoms with Crippen molar-refractivity contribution in [1.29, 1.82) is 0 Å². The molecule has 1 aromatic heterocycles. The predicted molar refractivity (Wildman–Crippen MR) is 94.9 cm³/mol. The van der Waals surface area contributed by atoms with E-state index in [0.717, 1.165) is 5.56 Å². The maximum Gasteiger partial charge on any atom is 0.312 e. The third-order valence-electron chi connectivity index (χ3n) is 3.81. The maximum atomic E-state index is 12.3. The fourth-order valence-electron chi connectivity index (χ4n) is 2.39. The second-order valence-electron chi connectivity index (χ2n) is 5.58. The van der Waals surface area contributed by atoms with Crippen LogP contribution in [0.5, 0.6) is 0 Å². The summed E-state index contributed by atoms with van der Waals surface area (Å²) in [7, 11) is 0. The number of benzene rings is 1. The fourth-order valence-corrected chi connectivity index (χ4v) is 2.52. The largest absolute Gasteiger partial charge is 0.312 e. The zero-order valence-corrected chi connectivity index (χ0v) is 15.0. The first-order valence-electron chi connectivity index (χ1n) is 7.52. The molecule has 0 saturated carbocycles. The number of halogens is 1. The summed E-state index contributed by atoms with van der Waals surface area (Å²) in [5, 5.41) is 19.8. The van der Waals surface area contributed by atoms with E-state index in [1.54, 1.807) is 45.0 Å². The summed E-state index contributed by atoms with van der Waals surface area (Å²) in [5.41, 5.74) is 4.40. The van der Waals surface area contributed by atoms with Gasteiger partial charge in [0.1, 0.15) is 17.4 Å². The highest BCUT2D eigenvalue weighted by Gasteiger charge is 2.26. The van der Waals surface area contributed by atoms with Crippen molar-refractivity contribution in [2.45, 2.75) is 33.7 Å². The molecule has 9 heteroatoms. The predicted octanol–water partition coefficient (Wildman–Crippen LogP) is 3.16. The van der Waals surface area contributed by atoms with Crippen LogP contribution in [0.2, 0.25) is 5.02 Å². The average molecular weight is 364 g/mol. The number of carbonyl (C=O) groups excluding carboxylic acids is 1. The molecule has 0 spiro atoms. The Morgan fingerprint density at radius 2 is 1.96 bits per heavy atom. The monoisotopic (exact) mass is 363 g/mol. The van der Waals surface area contributed by atoms with Gasteiger partial charge in [-0.25, -0.2) is 5.43 Å². The minimum Gasteiger partial charge on any atom is -0.271 e. The van der Waals surface area contributed by atoms with Gasteiger partial charge in [0.2, 0.25) is 0 Å². The first-order chi connectivity index (χ1) is 11.7. The molecule has 8 nitrogen and oxygen atoms in total. The van der Waals surface area contributed by atoms with Gasteiger partial charge in [0.25, 0.3) is 5.91 Å². The van der Waals surface area contributed by atoms with Crippen LogP contribution < -0.4 is 5.43 Å². The highest BCUT2D eigenvalue weighted by Crippen LogP contribution is 2.24. The normalized spacial score (nSPS) is 12.8.